The van der Waals surface area contributed by atoms with E-state index in [9.17, 15) is 13.2 Å². The van der Waals surface area contributed by atoms with Gasteiger partial charge in [-0.3, -0.25) is 4.90 Å². The lowest BCUT2D eigenvalue weighted by atomic mass is 9.98. The number of imidazole rings is 1. The van der Waals surface area contributed by atoms with E-state index < -0.39 is 12.7 Å². The van der Waals surface area contributed by atoms with Crippen LogP contribution in [-0.4, -0.2) is 47.3 Å². The molecule has 0 atom stereocenters. The number of nitrogens with zero attached hydrogens (tertiary/aromatic N) is 3. The van der Waals surface area contributed by atoms with Gasteiger partial charge < -0.3 is 9.88 Å². The zero-order chi connectivity index (χ0) is 14.6. The molecule has 1 aromatic heterocycles. The van der Waals surface area contributed by atoms with Gasteiger partial charge in [0.2, 0.25) is 0 Å². The molecule has 0 aromatic carbocycles. The first-order chi connectivity index (χ1) is 9.44. The van der Waals surface area contributed by atoms with Gasteiger partial charge in [-0.1, -0.05) is 0 Å². The maximum Gasteiger partial charge on any atom is 0.406 e. The van der Waals surface area contributed by atoms with Crippen molar-refractivity contribution in [2.75, 3.05) is 26.7 Å². The van der Waals surface area contributed by atoms with Crippen LogP contribution in [-0.2, 0) is 13.1 Å². The molecule has 4 nitrogen and oxygen atoms in total. The minimum atomic E-state index is -4.21. The minimum absolute atomic E-state index is 0. The first kappa shape index (κ1) is 18.3. The molecule has 0 bridgehead atoms. The van der Waals surface area contributed by atoms with Crippen molar-refractivity contribution in [3.05, 3.63) is 18.2 Å². The van der Waals surface area contributed by atoms with Crippen molar-refractivity contribution in [1.82, 2.24) is 19.8 Å². The molecule has 0 radical (unpaired) electrons. The third-order valence-electron chi connectivity index (χ3n) is 3.59. The molecule has 21 heavy (non-hydrogen) atoms. The standard InChI is InChI=1S/C13H21F3N4.ClH/c1-19(8-11-2-4-17-5-3-11)9-12-18-6-7-20(12)10-13(14,15)16;/h6-7,11,17H,2-5,8-10H2,1H3;1H. The van der Waals surface area contributed by atoms with Crippen molar-refractivity contribution in [3.63, 3.8) is 0 Å². The van der Waals surface area contributed by atoms with Crippen molar-refractivity contribution in [3.8, 4) is 0 Å². The molecule has 0 amide bonds. The van der Waals surface area contributed by atoms with Crippen molar-refractivity contribution >= 4 is 12.4 Å². The summed E-state index contributed by atoms with van der Waals surface area (Å²) in [5.74, 6) is 1.09. The molecule has 1 aliphatic rings. The second-order valence-electron chi connectivity index (χ2n) is 5.48. The van der Waals surface area contributed by atoms with Crippen LogP contribution in [0.3, 0.4) is 0 Å². The van der Waals surface area contributed by atoms with E-state index in [-0.39, 0.29) is 12.4 Å². The van der Waals surface area contributed by atoms with Gasteiger partial charge in [0.05, 0.1) is 6.54 Å². The second kappa shape index (κ2) is 8.00. The van der Waals surface area contributed by atoms with E-state index in [0.717, 1.165) is 32.5 Å². The van der Waals surface area contributed by atoms with Crippen LogP contribution in [0.25, 0.3) is 0 Å². The summed E-state index contributed by atoms with van der Waals surface area (Å²) in [6.07, 6.45) is 0.867. The van der Waals surface area contributed by atoms with Crippen LogP contribution in [0.4, 0.5) is 13.2 Å². The molecule has 0 saturated carbocycles. The number of alkyl halides is 3. The molecule has 1 aromatic rings. The zero-order valence-electron chi connectivity index (χ0n) is 12.1. The van der Waals surface area contributed by atoms with Gasteiger partial charge in [0, 0.05) is 18.9 Å². The van der Waals surface area contributed by atoms with Gasteiger partial charge in [0.15, 0.2) is 0 Å². The molecular formula is C13H22ClF3N4. The topological polar surface area (TPSA) is 33.1 Å². The summed E-state index contributed by atoms with van der Waals surface area (Å²) in [6.45, 7) is 2.44. The average Bonchev–Trinajstić information content (AvgIpc) is 2.75. The fourth-order valence-corrected chi connectivity index (χ4v) is 2.64. The lowest BCUT2D eigenvalue weighted by Gasteiger charge is -2.27. The third-order valence-corrected chi connectivity index (χ3v) is 3.59. The maximum atomic E-state index is 12.4. The van der Waals surface area contributed by atoms with E-state index in [1.165, 1.54) is 17.0 Å². The van der Waals surface area contributed by atoms with E-state index in [1.807, 2.05) is 7.05 Å². The number of halogens is 4. The third kappa shape index (κ3) is 6.23. The molecule has 8 heteroatoms. The summed E-state index contributed by atoms with van der Waals surface area (Å²) >= 11 is 0. The molecular weight excluding hydrogens is 305 g/mol. The van der Waals surface area contributed by atoms with E-state index >= 15 is 0 Å². The van der Waals surface area contributed by atoms with Gasteiger partial charge in [0.25, 0.3) is 0 Å². The van der Waals surface area contributed by atoms with Crippen molar-refractivity contribution in [1.29, 1.82) is 0 Å². The fraction of sp³-hybridized carbons (Fsp3) is 0.769. The summed E-state index contributed by atoms with van der Waals surface area (Å²) in [5.41, 5.74) is 0. The van der Waals surface area contributed by atoms with Crippen LogP contribution in [0, 0.1) is 5.92 Å². The fourth-order valence-electron chi connectivity index (χ4n) is 2.64. The number of nitrogens with one attached hydrogen (secondary N) is 1. The largest absolute Gasteiger partial charge is 0.406 e. The first-order valence-electron chi connectivity index (χ1n) is 6.90. The van der Waals surface area contributed by atoms with E-state index in [0.29, 0.717) is 18.3 Å². The van der Waals surface area contributed by atoms with Crippen molar-refractivity contribution < 1.29 is 13.2 Å². The molecule has 1 saturated heterocycles. The van der Waals surface area contributed by atoms with Crippen LogP contribution >= 0.6 is 12.4 Å². The summed E-state index contributed by atoms with van der Waals surface area (Å²) in [5, 5.41) is 3.31. The summed E-state index contributed by atoms with van der Waals surface area (Å²) < 4.78 is 38.5. The predicted molar refractivity (Wildman–Crippen MR) is 77.5 cm³/mol. The Morgan fingerprint density at radius 3 is 2.67 bits per heavy atom. The molecule has 0 unspecified atom stereocenters. The van der Waals surface area contributed by atoms with Crippen LogP contribution in [0.5, 0.6) is 0 Å². The Kier molecular flexibility index (Phi) is 6.96. The number of hydrogen-bond donors (Lipinski definition) is 1. The number of hydrogen-bond acceptors (Lipinski definition) is 3. The molecule has 1 fully saturated rings. The Bertz CT molecular complexity index is 416. The quantitative estimate of drug-likeness (QED) is 0.901. The Labute approximate surface area is 129 Å². The zero-order valence-corrected chi connectivity index (χ0v) is 12.9. The van der Waals surface area contributed by atoms with Gasteiger partial charge in [-0.25, -0.2) is 4.98 Å². The Balaban J connectivity index is 0.00000220. The number of aromatic nitrogens is 2. The highest BCUT2D eigenvalue weighted by molar-refractivity contribution is 5.85. The van der Waals surface area contributed by atoms with Gasteiger partial charge >= 0.3 is 6.18 Å². The normalized spacial score (nSPS) is 17.0. The highest BCUT2D eigenvalue weighted by Gasteiger charge is 2.29. The maximum absolute atomic E-state index is 12.4. The van der Waals surface area contributed by atoms with E-state index in [1.54, 1.807) is 0 Å². The molecule has 1 N–H and O–H groups in total. The van der Waals surface area contributed by atoms with Crippen LogP contribution in [0.15, 0.2) is 12.4 Å². The summed E-state index contributed by atoms with van der Waals surface area (Å²) in [7, 11) is 1.94. The number of piperidine rings is 1. The molecule has 2 heterocycles. The Hall–Kier alpha value is -0.790. The predicted octanol–water partition coefficient (Wildman–Crippen LogP) is 2.30. The molecule has 0 spiro atoms. The molecule has 122 valence electrons. The van der Waals surface area contributed by atoms with Crippen LogP contribution < -0.4 is 5.32 Å². The van der Waals surface area contributed by atoms with Crippen LogP contribution in [0.2, 0.25) is 0 Å². The lowest BCUT2D eigenvalue weighted by molar-refractivity contribution is -0.141. The van der Waals surface area contributed by atoms with Crippen LogP contribution in [0.1, 0.15) is 18.7 Å². The minimum Gasteiger partial charge on any atom is -0.325 e. The number of rotatable bonds is 5. The summed E-state index contributed by atoms with van der Waals surface area (Å²) in [6, 6.07) is 0. The highest BCUT2D eigenvalue weighted by atomic mass is 35.5. The van der Waals surface area contributed by atoms with Gasteiger partial charge in [0.1, 0.15) is 12.4 Å². The Morgan fingerprint density at radius 2 is 2.05 bits per heavy atom. The first-order valence-corrected chi connectivity index (χ1v) is 6.90. The second-order valence-corrected chi connectivity index (χ2v) is 5.48. The summed E-state index contributed by atoms with van der Waals surface area (Å²) in [4.78, 5) is 6.10. The van der Waals surface area contributed by atoms with E-state index in [4.69, 9.17) is 0 Å². The smallest absolute Gasteiger partial charge is 0.325 e. The van der Waals surface area contributed by atoms with Gasteiger partial charge in [-0.15, -0.1) is 12.4 Å². The van der Waals surface area contributed by atoms with Gasteiger partial charge in [-0.05, 0) is 38.9 Å². The SMILES string of the molecule is CN(Cc1nccn1CC(F)(F)F)CC1CCNCC1.Cl. The van der Waals surface area contributed by atoms with Crippen molar-refractivity contribution in [2.45, 2.75) is 32.1 Å². The molecule has 0 aliphatic carbocycles. The molecule has 2 rings (SSSR count). The van der Waals surface area contributed by atoms with Crippen molar-refractivity contribution in [2.24, 2.45) is 5.92 Å². The van der Waals surface area contributed by atoms with E-state index in [2.05, 4.69) is 15.2 Å². The Morgan fingerprint density at radius 1 is 1.38 bits per heavy atom. The highest BCUT2D eigenvalue weighted by Crippen LogP contribution is 2.19. The van der Waals surface area contributed by atoms with Gasteiger partial charge in [-0.2, -0.15) is 13.2 Å². The monoisotopic (exact) mass is 326 g/mol. The molecule has 1 aliphatic heterocycles. The lowest BCUT2D eigenvalue weighted by Crippen LogP contribution is -2.35. The average molecular weight is 327 g/mol.